The lowest BCUT2D eigenvalue weighted by Gasteiger charge is -2.29. The lowest BCUT2D eigenvalue weighted by Crippen LogP contribution is -2.41. The number of hydrogen-bond donors (Lipinski definition) is 0. The maximum atomic E-state index is 13.1. The number of ether oxygens (including phenoxy) is 3. The van der Waals surface area contributed by atoms with Gasteiger partial charge >= 0.3 is 0 Å². The highest BCUT2D eigenvalue weighted by Gasteiger charge is 2.24. The third-order valence-corrected chi connectivity index (χ3v) is 4.18. The molecule has 0 radical (unpaired) electrons. The van der Waals surface area contributed by atoms with Gasteiger partial charge in [0.25, 0.3) is 5.91 Å². The third-order valence-electron chi connectivity index (χ3n) is 4.18. The molecule has 0 aliphatic heterocycles. The zero-order chi connectivity index (χ0) is 19.1. The molecule has 26 heavy (non-hydrogen) atoms. The minimum atomic E-state index is -0.130. The SMILES string of the molecule is COC[C@@H](C)N(Cc1cc(OC)cc(OC)c1)C(=O)c1ncccc1C. The number of aromatic nitrogens is 1. The Morgan fingerprint density at radius 3 is 2.35 bits per heavy atom. The number of rotatable bonds is 8. The molecule has 0 fully saturated rings. The molecule has 1 amide bonds. The van der Waals surface area contributed by atoms with E-state index in [1.54, 1.807) is 38.5 Å². The summed E-state index contributed by atoms with van der Waals surface area (Å²) >= 11 is 0. The summed E-state index contributed by atoms with van der Waals surface area (Å²) in [7, 11) is 4.83. The summed E-state index contributed by atoms with van der Waals surface area (Å²) in [5.74, 6) is 1.23. The van der Waals surface area contributed by atoms with E-state index in [4.69, 9.17) is 14.2 Å². The summed E-state index contributed by atoms with van der Waals surface area (Å²) < 4.78 is 15.9. The summed E-state index contributed by atoms with van der Waals surface area (Å²) in [6.45, 7) is 4.66. The van der Waals surface area contributed by atoms with Crippen molar-refractivity contribution in [3.8, 4) is 11.5 Å². The number of carbonyl (C=O) groups is 1. The van der Waals surface area contributed by atoms with E-state index in [0.717, 1.165) is 11.1 Å². The molecule has 2 rings (SSSR count). The monoisotopic (exact) mass is 358 g/mol. The van der Waals surface area contributed by atoms with Crippen LogP contribution in [0.1, 0.15) is 28.5 Å². The smallest absolute Gasteiger partial charge is 0.273 e. The molecule has 2 aromatic rings. The molecule has 0 saturated carbocycles. The molecule has 140 valence electrons. The Morgan fingerprint density at radius 1 is 1.15 bits per heavy atom. The highest BCUT2D eigenvalue weighted by atomic mass is 16.5. The van der Waals surface area contributed by atoms with Crippen LogP contribution in [0.25, 0.3) is 0 Å². The fraction of sp³-hybridized carbons (Fsp3) is 0.400. The molecule has 1 aromatic carbocycles. The number of carbonyl (C=O) groups excluding carboxylic acids is 1. The molecule has 0 unspecified atom stereocenters. The molecule has 1 heterocycles. The molecule has 6 nitrogen and oxygen atoms in total. The molecule has 1 atom stereocenters. The number of methoxy groups -OCH3 is 3. The second-order valence-electron chi connectivity index (χ2n) is 6.13. The van der Waals surface area contributed by atoms with E-state index in [2.05, 4.69) is 4.98 Å². The van der Waals surface area contributed by atoms with Crippen molar-refractivity contribution in [3.05, 3.63) is 53.3 Å². The quantitative estimate of drug-likeness (QED) is 0.726. The third kappa shape index (κ3) is 4.73. The van der Waals surface area contributed by atoms with Gasteiger partial charge < -0.3 is 19.1 Å². The standard InChI is InChI=1S/C20H26N2O4/c1-14-7-6-8-21-19(14)20(23)22(15(2)13-24-3)12-16-9-17(25-4)11-18(10-16)26-5/h6-11,15H,12-13H2,1-5H3/t15-/m1/s1. The Kier molecular flexibility index (Phi) is 6.97. The first-order chi connectivity index (χ1) is 12.5. The van der Waals surface area contributed by atoms with Crippen molar-refractivity contribution in [2.75, 3.05) is 27.9 Å². The van der Waals surface area contributed by atoms with E-state index in [0.29, 0.717) is 30.3 Å². The first-order valence-electron chi connectivity index (χ1n) is 8.43. The molecule has 1 aromatic heterocycles. The summed E-state index contributed by atoms with van der Waals surface area (Å²) in [6, 6.07) is 9.18. The van der Waals surface area contributed by atoms with E-state index < -0.39 is 0 Å². The van der Waals surface area contributed by atoms with Crippen LogP contribution in [0.3, 0.4) is 0 Å². The van der Waals surface area contributed by atoms with Crippen LogP contribution >= 0.6 is 0 Å². The normalized spacial score (nSPS) is 11.7. The Labute approximate surface area is 154 Å². The van der Waals surface area contributed by atoms with Crippen LogP contribution in [0, 0.1) is 6.92 Å². The fourth-order valence-corrected chi connectivity index (χ4v) is 2.76. The Bertz CT molecular complexity index is 726. The zero-order valence-electron chi connectivity index (χ0n) is 16.0. The molecular weight excluding hydrogens is 332 g/mol. The van der Waals surface area contributed by atoms with Crippen molar-refractivity contribution in [3.63, 3.8) is 0 Å². The largest absolute Gasteiger partial charge is 0.497 e. The van der Waals surface area contributed by atoms with E-state index in [-0.39, 0.29) is 11.9 Å². The summed E-state index contributed by atoms with van der Waals surface area (Å²) in [6.07, 6.45) is 1.63. The van der Waals surface area contributed by atoms with Gasteiger partial charge in [-0.1, -0.05) is 6.07 Å². The minimum absolute atomic E-state index is 0.119. The lowest BCUT2D eigenvalue weighted by atomic mass is 10.1. The van der Waals surface area contributed by atoms with E-state index in [9.17, 15) is 4.79 Å². The zero-order valence-corrected chi connectivity index (χ0v) is 16.0. The van der Waals surface area contributed by atoms with Crippen molar-refractivity contribution in [1.29, 1.82) is 0 Å². The van der Waals surface area contributed by atoms with Crippen LogP contribution in [0.5, 0.6) is 11.5 Å². The molecule has 0 saturated heterocycles. The van der Waals surface area contributed by atoms with Gasteiger partial charge in [0, 0.05) is 25.9 Å². The molecule has 0 aliphatic carbocycles. The number of benzene rings is 1. The van der Waals surface area contributed by atoms with E-state index >= 15 is 0 Å². The topological polar surface area (TPSA) is 60.9 Å². The predicted molar refractivity (Wildman–Crippen MR) is 99.7 cm³/mol. The second kappa shape index (κ2) is 9.20. The Morgan fingerprint density at radius 2 is 1.81 bits per heavy atom. The average molecular weight is 358 g/mol. The van der Waals surface area contributed by atoms with E-state index in [1.165, 1.54) is 0 Å². The van der Waals surface area contributed by atoms with Gasteiger partial charge in [-0.2, -0.15) is 0 Å². The predicted octanol–water partition coefficient (Wildman–Crippen LogP) is 3.08. The maximum Gasteiger partial charge on any atom is 0.273 e. The second-order valence-corrected chi connectivity index (χ2v) is 6.13. The highest BCUT2D eigenvalue weighted by Crippen LogP contribution is 2.24. The van der Waals surface area contributed by atoms with E-state index in [1.807, 2.05) is 38.1 Å². The minimum Gasteiger partial charge on any atom is -0.497 e. The summed E-state index contributed by atoms with van der Waals surface area (Å²) in [5.41, 5.74) is 2.20. The van der Waals surface area contributed by atoms with Crippen LogP contribution < -0.4 is 9.47 Å². The van der Waals surface area contributed by atoms with Crippen LogP contribution in [0.15, 0.2) is 36.5 Å². The highest BCUT2D eigenvalue weighted by molar-refractivity contribution is 5.93. The molecule has 0 aliphatic rings. The molecule has 0 bridgehead atoms. The number of nitrogens with zero attached hydrogens (tertiary/aromatic N) is 2. The fourth-order valence-electron chi connectivity index (χ4n) is 2.76. The summed E-state index contributed by atoms with van der Waals surface area (Å²) in [5, 5.41) is 0. The molecule has 6 heteroatoms. The van der Waals surface area contributed by atoms with Gasteiger partial charge in [-0.3, -0.25) is 9.78 Å². The van der Waals surface area contributed by atoms with Crippen LogP contribution in [0.2, 0.25) is 0 Å². The Hall–Kier alpha value is -2.60. The van der Waals surface area contributed by atoms with Crippen LogP contribution in [-0.2, 0) is 11.3 Å². The molecule has 0 spiro atoms. The number of pyridine rings is 1. The van der Waals surface area contributed by atoms with Crippen LogP contribution in [0.4, 0.5) is 0 Å². The van der Waals surface area contributed by atoms with Crippen molar-refractivity contribution >= 4 is 5.91 Å². The van der Waals surface area contributed by atoms with Gasteiger partial charge in [0.2, 0.25) is 0 Å². The molecular formula is C20H26N2O4. The number of aryl methyl sites for hydroxylation is 1. The van der Waals surface area contributed by atoms with Crippen molar-refractivity contribution in [1.82, 2.24) is 9.88 Å². The first-order valence-corrected chi connectivity index (χ1v) is 8.43. The van der Waals surface area contributed by atoms with Crippen molar-refractivity contribution in [2.24, 2.45) is 0 Å². The van der Waals surface area contributed by atoms with Gasteiger partial charge in [-0.05, 0) is 43.2 Å². The first kappa shape index (κ1) is 19.7. The van der Waals surface area contributed by atoms with Gasteiger partial charge in [0.05, 0.1) is 26.9 Å². The Balaban J connectivity index is 2.37. The molecule has 0 N–H and O–H groups in total. The number of hydrogen-bond acceptors (Lipinski definition) is 5. The van der Waals surface area contributed by atoms with Gasteiger partial charge in [-0.15, -0.1) is 0 Å². The van der Waals surface area contributed by atoms with Crippen LogP contribution in [-0.4, -0.2) is 49.8 Å². The van der Waals surface area contributed by atoms with Gasteiger partial charge in [-0.25, -0.2) is 0 Å². The van der Waals surface area contributed by atoms with Gasteiger partial charge in [0.15, 0.2) is 0 Å². The van der Waals surface area contributed by atoms with Gasteiger partial charge in [0.1, 0.15) is 17.2 Å². The summed E-state index contributed by atoms with van der Waals surface area (Å²) in [4.78, 5) is 19.2. The number of amides is 1. The lowest BCUT2D eigenvalue weighted by molar-refractivity contribution is 0.0535. The van der Waals surface area contributed by atoms with Crippen molar-refractivity contribution in [2.45, 2.75) is 26.4 Å². The maximum absolute atomic E-state index is 13.1. The van der Waals surface area contributed by atoms with Crippen molar-refractivity contribution < 1.29 is 19.0 Å². The average Bonchev–Trinajstić information content (AvgIpc) is 2.65.